The summed E-state index contributed by atoms with van der Waals surface area (Å²) in [5.41, 5.74) is 2.27. The van der Waals surface area contributed by atoms with Crippen molar-refractivity contribution in [3.63, 3.8) is 0 Å². The quantitative estimate of drug-likeness (QED) is 0.734. The number of carbonyl (C=O) groups excluding carboxylic acids is 1. The summed E-state index contributed by atoms with van der Waals surface area (Å²) in [6.07, 6.45) is 2.47. The average Bonchev–Trinajstić information content (AvgIpc) is 2.78. The molecule has 0 aliphatic carbocycles. The molecule has 0 unspecified atom stereocenters. The predicted octanol–water partition coefficient (Wildman–Crippen LogP) is 2.38. The molecule has 0 amide bonds. The van der Waals surface area contributed by atoms with Crippen LogP contribution in [0.5, 0.6) is 0 Å². The molecule has 6 heteroatoms. The molecule has 2 aromatic heterocycles. The summed E-state index contributed by atoms with van der Waals surface area (Å²) in [6.45, 7) is 3.80. The molecule has 1 N–H and O–H groups in total. The van der Waals surface area contributed by atoms with Crippen LogP contribution in [0.2, 0.25) is 0 Å². The number of hydrogen-bond donors (Lipinski definition) is 1. The van der Waals surface area contributed by atoms with E-state index in [0.717, 1.165) is 22.0 Å². The second kappa shape index (κ2) is 4.97. The van der Waals surface area contributed by atoms with Crippen LogP contribution in [0.1, 0.15) is 12.5 Å². The summed E-state index contributed by atoms with van der Waals surface area (Å²) >= 11 is 0. The Hall–Kier alpha value is -2.76. The Morgan fingerprint density at radius 3 is 2.81 bits per heavy atom. The molecule has 1 aromatic carbocycles. The average molecular weight is 286 g/mol. The maximum absolute atomic E-state index is 12.0. The number of hydrogen-bond acceptors (Lipinski definition) is 4. The van der Waals surface area contributed by atoms with Crippen molar-refractivity contribution in [1.82, 2.24) is 9.71 Å². The first kappa shape index (κ1) is 13.2. The molecule has 0 atom stereocenters. The molecule has 0 aliphatic rings. The lowest BCUT2D eigenvalue weighted by Gasteiger charge is -2.08. The fourth-order valence-corrected chi connectivity index (χ4v) is 2.44. The summed E-state index contributed by atoms with van der Waals surface area (Å²) in [4.78, 5) is 31.6. The van der Waals surface area contributed by atoms with Gasteiger partial charge in [0.1, 0.15) is 0 Å². The molecule has 3 rings (SSSR count). The lowest BCUT2D eigenvalue weighted by molar-refractivity contribution is 0.0512. The normalized spacial score (nSPS) is 11.0. The second-order valence-electron chi connectivity index (χ2n) is 4.67. The van der Waals surface area contributed by atoms with Crippen LogP contribution < -0.4 is 10.3 Å². The SMILES string of the molecule is CCOC(=O)On1cc(C)c2c(c1)[nH]c1cccc(=O)c12. The van der Waals surface area contributed by atoms with E-state index in [1.165, 1.54) is 10.8 Å². The Morgan fingerprint density at radius 1 is 1.24 bits per heavy atom. The summed E-state index contributed by atoms with van der Waals surface area (Å²) in [7, 11) is 0. The van der Waals surface area contributed by atoms with Gasteiger partial charge in [-0.3, -0.25) is 4.79 Å². The lowest BCUT2D eigenvalue weighted by atomic mass is 10.1. The summed E-state index contributed by atoms with van der Waals surface area (Å²) < 4.78 is 6.01. The van der Waals surface area contributed by atoms with E-state index in [0.29, 0.717) is 5.39 Å². The standard InChI is InChI=1S/C15H14N2O4/c1-3-20-15(19)21-17-7-9(2)13-11(8-17)16-10-5-4-6-12(18)14(10)13/h4-8,16H,3H2,1-2H3. The van der Waals surface area contributed by atoms with Crippen molar-refractivity contribution in [2.75, 3.05) is 6.61 Å². The fourth-order valence-electron chi connectivity index (χ4n) is 2.44. The van der Waals surface area contributed by atoms with Crippen LogP contribution in [0.3, 0.4) is 0 Å². The van der Waals surface area contributed by atoms with Gasteiger partial charge in [0.25, 0.3) is 0 Å². The predicted molar refractivity (Wildman–Crippen MR) is 78.4 cm³/mol. The van der Waals surface area contributed by atoms with Crippen molar-refractivity contribution in [3.8, 4) is 0 Å². The maximum atomic E-state index is 12.0. The number of pyridine rings is 1. The zero-order valence-electron chi connectivity index (χ0n) is 11.7. The molecule has 21 heavy (non-hydrogen) atoms. The number of aromatic amines is 1. The van der Waals surface area contributed by atoms with Crippen LogP contribution in [0, 0.1) is 6.92 Å². The van der Waals surface area contributed by atoms with Gasteiger partial charge in [0.05, 0.1) is 29.2 Å². The van der Waals surface area contributed by atoms with Crippen molar-refractivity contribution >= 4 is 28.0 Å². The second-order valence-corrected chi connectivity index (χ2v) is 4.67. The highest BCUT2D eigenvalue weighted by atomic mass is 16.8. The van der Waals surface area contributed by atoms with Crippen LogP contribution in [0.4, 0.5) is 4.79 Å². The van der Waals surface area contributed by atoms with Crippen molar-refractivity contribution in [2.45, 2.75) is 13.8 Å². The number of H-pyrrole nitrogens is 1. The first-order valence-corrected chi connectivity index (χ1v) is 6.58. The van der Waals surface area contributed by atoms with Gasteiger partial charge < -0.3 is 14.6 Å². The molecule has 0 spiro atoms. The van der Waals surface area contributed by atoms with Gasteiger partial charge in [-0.15, -0.1) is 0 Å². The van der Waals surface area contributed by atoms with E-state index in [1.54, 1.807) is 25.4 Å². The van der Waals surface area contributed by atoms with Crippen LogP contribution >= 0.6 is 0 Å². The van der Waals surface area contributed by atoms with Crippen molar-refractivity contribution in [2.24, 2.45) is 0 Å². The number of rotatable bonds is 2. The number of nitrogens with one attached hydrogen (secondary N) is 1. The molecule has 0 saturated carbocycles. The largest absolute Gasteiger partial charge is 0.533 e. The number of ether oxygens (including phenoxy) is 1. The maximum Gasteiger partial charge on any atom is 0.533 e. The van der Waals surface area contributed by atoms with Gasteiger partial charge in [-0.25, -0.2) is 4.79 Å². The van der Waals surface area contributed by atoms with E-state index in [2.05, 4.69) is 4.98 Å². The first-order valence-electron chi connectivity index (χ1n) is 6.58. The van der Waals surface area contributed by atoms with Gasteiger partial charge >= 0.3 is 6.16 Å². The highest BCUT2D eigenvalue weighted by Crippen LogP contribution is 2.25. The molecule has 0 bridgehead atoms. The molecule has 0 radical (unpaired) electrons. The van der Waals surface area contributed by atoms with Gasteiger partial charge in [-0.2, -0.15) is 4.73 Å². The van der Waals surface area contributed by atoms with Gasteiger partial charge in [-0.1, -0.05) is 6.07 Å². The number of aromatic nitrogens is 2. The molecule has 108 valence electrons. The monoisotopic (exact) mass is 286 g/mol. The van der Waals surface area contributed by atoms with Crippen LogP contribution in [-0.4, -0.2) is 22.5 Å². The van der Waals surface area contributed by atoms with E-state index in [9.17, 15) is 9.59 Å². The third-order valence-corrected chi connectivity index (χ3v) is 3.23. The Morgan fingerprint density at radius 2 is 2.05 bits per heavy atom. The van der Waals surface area contributed by atoms with Gasteiger partial charge in [0.2, 0.25) is 0 Å². The summed E-state index contributed by atoms with van der Waals surface area (Å²) in [5.74, 6) is 0. The third kappa shape index (κ3) is 2.24. The molecule has 6 nitrogen and oxygen atoms in total. The highest BCUT2D eigenvalue weighted by molar-refractivity contribution is 6.08. The van der Waals surface area contributed by atoms with E-state index in [1.807, 2.05) is 13.0 Å². The number of nitrogens with zero attached hydrogens (tertiary/aromatic N) is 1. The number of aryl methyl sites for hydroxylation is 1. The molecule has 0 saturated heterocycles. The van der Waals surface area contributed by atoms with Gasteiger partial charge in [0, 0.05) is 11.6 Å². The molecule has 0 aliphatic heterocycles. The summed E-state index contributed by atoms with van der Waals surface area (Å²) in [5, 5.41) is 1.48. The topological polar surface area (TPSA) is 73.3 Å². The van der Waals surface area contributed by atoms with Crippen molar-refractivity contribution in [3.05, 3.63) is 46.4 Å². The smallest absolute Gasteiger partial charge is 0.433 e. The number of benzene rings is 1. The first-order chi connectivity index (χ1) is 10.1. The van der Waals surface area contributed by atoms with Gasteiger partial charge in [-0.05, 0) is 31.5 Å². The lowest BCUT2D eigenvalue weighted by Crippen LogP contribution is -2.20. The molecule has 0 fully saturated rings. The van der Waals surface area contributed by atoms with Crippen LogP contribution in [0.15, 0.2) is 35.4 Å². The highest BCUT2D eigenvalue weighted by Gasteiger charge is 2.12. The Labute approximate surface area is 119 Å². The minimum Gasteiger partial charge on any atom is -0.433 e. The van der Waals surface area contributed by atoms with E-state index >= 15 is 0 Å². The Bertz CT molecular complexity index is 892. The van der Waals surface area contributed by atoms with Gasteiger partial charge in [0.15, 0.2) is 5.43 Å². The van der Waals surface area contributed by atoms with Crippen LogP contribution in [0.25, 0.3) is 21.8 Å². The Balaban J connectivity index is 2.17. The van der Waals surface area contributed by atoms with Crippen molar-refractivity contribution < 1.29 is 14.4 Å². The number of carbonyl (C=O) groups is 1. The van der Waals surface area contributed by atoms with Crippen LogP contribution in [-0.2, 0) is 4.74 Å². The Kier molecular flexibility index (Phi) is 3.13. The molecule has 2 heterocycles. The zero-order chi connectivity index (χ0) is 15.0. The fraction of sp³-hybridized carbons (Fsp3) is 0.200. The van der Waals surface area contributed by atoms with E-state index < -0.39 is 6.16 Å². The minimum absolute atomic E-state index is 0.0362. The third-order valence-electron chi connectivity index (χ3n) is 3.23. The summed E-state index contributed by atoms with van der Waals surface area (Å²) in [6, 6.07) is 5.08. The molecular formula is C15H14N2O4. The molecule has 3 aromatic rings. The number of fused-ring (bicyclic) bond motifs is 3. The zero-order valence-corrected chi connectivity index (χ0v) is 11.7. The molecular weight excluding hydrogens is 272 g/mol. The minimum atomic E-state index is -0.776. The van der Waals surface area contributed by atoms with E-state index in [-0.39, 0.29) is 12.0 Å². The van der Waals surface area contributed by atoms with Crippen molar-refractivity contribution in [1.29, 1.82) is 0 Å². The van der Waals surface area contributed by atoms with E-state index in [4.69, 9.17) is 9.57 Å².